The fourth-order valence-electron chi connectivity index (χ4n) is 4.07. The lowest BCUT2D eigenvalue weighted by Gasteiger charge is -2.17. The molecule has 0 aliphatic carbocycles. The van der Waals surface area contributed by atoms with Gasteiger partial charge in [-0.3, -0.25) is 4.79 Å². The standard InChI is InChI=1S/C24H31ClN4O3S/c1-16-13-20(18(3)29(16)17(2)14-32-5)22(30)15-33-24-27-26-23(28(24)11-8-12-31-4)19-9-6-7-10-21(19)25/h6-7,9-10,13,17H,8,11-12,14-15H2,1-5H3. The van der Waals surface area contributed by atoms with Gasteiger partial charge in [-0.2, -0.15) is 0 Å². The van der Waals surface area contributed by atoms with Gasteiger partial charge < -0.3 is 18.6 Å². The molecule has 0 spiro atoms. The van der Waals surface area contributed by atoms with Crippen LogP contribution in [-0.4, -0.2) is 58.3 Å². The van der Waals surface area contributed by atoms with E-state index in [1.807, 2.05) is 48.7 Å². The molecule has 7 nitrogen and oxygen atoms in total. The number of nitrogens with zero attached hydrogens (tertiary/aromatic N) is 4. The Bertz CT molecular complexity index is 1100. The SMILES string of the molecule is COCCCn1c(SCC(=O)c2cc(C)n(C(C)COC)c2C)nnc1-c1ccccc1Cl. The highest BCUT2D eigenvalue weighted by Gasteiger charge is 2.21. The molecule has 0 fully saturated rings. The van der Waals surface area contributed by atoms with Crippen LogP contribution in [0.5, 0.6) is 0 Å². The molecule has 2 heterocycles. The first-order valence-electron chi connectivity index (χ1n) is 10.9. The van der Waals surface area contributed by atoms with Gasteiger partial charge in [-0.15, -0.1) is 10.2 Å². The van der Waals surface area contributed by atoms with Crippen molar-refractivity contribution in [2.45, 2.75) is 44.9 Å². The van der Waals surface area contributed by atoms with Crippen molar-refractivity contribution in [1.82, 2.24) is 19.3 Å². The number of hydrogen-bond acceptors (Lipinski definition) is 6. The smallest absolute Gasteiger partial charge is 0.191 e. The van der Waals surface area contributed by atoms with E-state index in [4.69, 9.17) is 21.1 Å². The molecule has 0 amide bonds. The molecule has 2 aromatic heterocycles. The van der Waals surface area contributed by atoms with E-state index < -0.39 is 0 Å². The van der Waals surface area contributed by atoms with Crippen LogP contribution < -0.4 is 0 Å². The summed E-state index contributed by atoms with van der Waals surface area (Å²) in [7, 11) is 3.37. The molecule has 3 aromatic rings. The van der Waals surface area contributed by atoms with Crippen LogP contribution >= 0.6 is 23.4 Å². The number of Topliss-reactive ketones (excluding diaryl/α,β-unsaturated/α-hetero) is 1. The summed E-state index contributed by atoms with van der Waals surface area (Å²) in [5.74, 6) is 1.03. The number of aryl methyl sites for hydroxylation is 1. The Morgan fingerprint density at radius 3 is 2.64 bits per heavy atom. The number of carbonyl (C=O) groups is 1. The molecule has 178 valence electrons. The molecule has 0 radical (unpaired) electrons. The number of carbonyl (C=O) groups excluding carboxylic acids is 1. The fraction of sp³-hybridized carbons (Fsp3) is 0.458. The lowest BCUT2D eigenvalue weighted by molar-refractivity contribution is 0.102. The minimum absolute atomic E-state index is 0.0645. The van der Waals surface area contributed by atoms with E-state index in [1.165, 1.54) is 11.8 Å². The molecule has 3 rings (SSSR count). The summed E-state index contributed by atoms with van der Waals surface area (Å²) in [5, 5.41) is 10.1. The van der Waals surface area contributed by atoms with Gasteiger partial charge in [-0.05, 0) is 45.4 Å². The maximum atomic E-state index is 13.1. The zero-order chi connectivity index (χ0) is 24.0. The third-order valence-corrected chi connectivity index (χ3v) is 6.82. The van der Waals surface area contributed by atoms with Gasteiger partial charge >= 0.3 is 0 Å². The van der Waals surface area contributed by atoms with Crippen LogP contribution in [-0.2, 0) is 16.0 Å². The molecule has 1 aromatic carbocycles. The van der Waals surface area contributed by atoms with Crippen molar-refractivity contribution in [1.29, 1.82) is 0 Å². The Morgan fingerprint density at radius 1 is 1.18 bits per heavy atom. The molecule has 0 saturated heterocycles. The minimum Gasteiger partial charge on any atom is -0.385 e. The van der Waals surface area contributed by atoms with Gasteiger partial charge in [0.1, 0.15) is 0 Å². The van der Waals surface area contributed by atoms with Crippen LogP contribution in [0, 0.1) is 13.8 Å². The van der Waals surface area contributed by atoms with Gasteiger partial charge in [0.2, 0.25) is 0 Å². The summed E-state index contributed by atoms with van der Waals surface area (Å²) in [6, 6.07) is 9.69. The second kappa shape index (κ2) is 11.8. The number of thioether (sulfide) groups is 1. The van der Waals surface area contributed by atoms with Crippen LogP contribution in [0.4, 0.5) is 0 Å². The monoisotopic (exact) mass is 490 g/mol. The minimum atomic E-state index is 0.0645. The van der Waals surface area contributed by atoms with E-state index in [2.05, 4.69) is 21.7 Å². The molecule has 9 heteroatoms. The van der Waals surface area contributed by atoms with Crippen molar-refractivity contribution in [3.63, 3.8) is 0 Å². The number of halogens is 1. The van der Waals surface area contributed by atoms with Crippen molar-refractivity contribution >= 4 is 29.1 Å². The zero-order valence-corrected chi connectivity index (χ0v) is 21.4. The second-order valence-electron chi connectivity index (χ2n) is 7.96. The molecule has 0 N–H and O–H groups in total. The third-order valence-electron chi connectivity index (χ3n) is 5.53. The lowest BCUT2D eigenvalue weighted by Crippen LogP contribution is -2.15. The van der Waals surface area contributed by atoms with E-state index in [0.29, 0.717) is 35.8 Å². The summed E-state index contributed by atoms with van der Waals surface area (Å²) in [5.41, 5.74) is 3.56. The lowest BCUT2D eigenvalue weighted by atomic mass is 10.2. The summed E-state index contributed by atoms with van der Waals surface area (Å²) < 4.78 is 14.7. The highest BCUT2D eigenvalue weighted by molar-refractivity contribution is 7.99. The highest BCUT2D eigenvalue weighted by Crippen LogP contribution is 2.30. The molecule has 1 unspecified atom stereocenters. The van der Waals surface area contributed by atoms with E-state index in [9.17, 15) is 4.79 Å². The van der Waals surface area contributed by atoms with Gasteiger partial charge in [0.15, 0.2) is 16.8 Å². The van der Waals surface area contributed by atoms with Crippen LogP contribution in [0.1, 0.15) is 41.1 Å². The molecular formula is C24H31ClN4O3S. The Balaban J connectivity index is 1.82. The van der Waals surface area contributed by atoms with E-state index in [-0.39, 0.29) is 17.6 Å². The maximum Gasteiger partial charge on any atom is 0.191 e. The molecule has 1 atom stereocenters. The fourth-order valence-corrected chi connectivity index (χ4v) is 5.14. The predicted octanol–water partition coefficient (Wildman–Crippen LogP) is 5.24. The predicted molar refractivity (Wildman–Crippen MR) is 133 cm³/mol. The summed E-state index contributed by atoms with van der Waals surface area (Å²) in [6.45, 7) is 7.97. The van der Waals surface area contributed by atoms with Gasteiger partial charge in [0.25, 0.3) is 0 Å². The van der Waals surface area contributed by atoms with E-state index in [1.54, 1.807) is 14.2 Å². The normalized spacial score (nSPS) is 12.3. The summed E-state index contributed by atoms with van der Waals surface area (Å²) >= 11 is 7.81. The number of methoxy groups -OCH3 is 2. The van der Waals surface area contributed by atoms with Crippen LogP contribution in [0.3, 0.4) is 0 Å². The highest BCUT2D eigenvalue weighted by atomic mass is 35.5. The van der Waals surface area contributed by atoms with Crippen molar-refractivity contribution in [2.24, 2.45) is 0 Å². The summed E-state index contributed by atoms with van der Waals surface area (Å²) in [4.78, 5) is 13.1. The first-order valence-corrected chi connectivity index (χ1v) is 12.3. The number of aromatic nitrogens is 4. The van der Waals surface area contributed by atoms with Gasteiger partial charge in [-0.1, -0.05) is 35.5 Å². The van der Waals surface area contributed by atoms with Crippen molar-refractivity contribution in [3.8, 4) is 11.4 Å². The molecule has 33 heavy (non-hydrogen) atoms. The van der Waals surface area contributed by atoms with Gasteiger partial charge in [0.05, 0.1) is 23.4 Å². The first kappa shape index (κ1) is 25.5. The maximum absolute atomic E-state index is 13.1. The molecule has 0 saturated carbocycles. The average molecular weight is 491 g/mol. The largest absolute Gasteiger partial charge is 0.385 e. The molecular weight excluding hydrogens is 460 g/mol. The molecule has 0 aliphatic heterocycles. The molecule has 0 aliphatic rings. The van der Waals surface area contributed by atoms with Crippen LogP contribution in [0.2, 0.25) is 5.02 Å². The van der Waals surface area contributed by atoms with Crippen LogP contribution in [0.15, 0.2) is 35.5 Å². The Morgan fingerprint density at radius 2 is 1.94 bits per heavy atom. The average Bonchev–Trinajstić information content (AvgIpc) is 3.32. The van der Waals surface area contributed by atoms with Crippen molar-refractivity contribution in [2.75, 3.05) is 33.2 Å². The number of ketones is 1. The Labute approximate surface area is 204 Å². The van der Waals surface area contributed by atoms with Gasteiger partial charge in [-0.25, -0.2) is 0 Å². The van der Waals surface area contributed by atoms with Crippen molar-refractivity contribution in [3.05, 3.63) is 52.3 Å². The van der Waals surface area contributed by atoms with E-state index >= 15 is 0 Å². The second-order valence-corrected chi connectivity index (χ2v) is 9.30. The molecule has 0 bridgehead atoms. The van der Waals surface area contributed by atoms with Gasteiger partial charge in [0, 0.05) is 49.9 Å². The van der Waals surface area contributed by atoms with E-state index in [0.717, 1.165) is 28.9 Å². The van der Waals surface area contributed by atoms with Crippen molar-refractivity contribution < 1.29 is 14.3 Å². The number of ether oxygens (including phenoxy) is 2. The quantitative estimate of drug-likeness (QED) is 0.196. The third kappa shape index (κ3) is 5.87. The Kier molecular flexibility index (Phi) is 9.14. The number of rotatable bonds is 12. The number of hydrogen-bond donors (Lipinski definition) is 0. The summed E-state index contributed by atoms with van der Waals surface area (Å²) in [6.07, 6.45) is 0.798. The van der Waals surface area contributed by atoms with Crippen LogP contribution in [0.25, 0.3) is 11.4 Å². The topological polar surface area (TPSA) is 71.2 Å². The first-order chi connectivity index (χ1) is 15.9. The zero-order valence-electron chi connectivity index (χ0n) is 19.8. The number of benzene rings is 1. The Hall–Kier alpha value is -2.13.